The monoisotopic (exact) mass is 504 g/mol. The second-order valence-corrected chi connectivity index (χ2v) is 8.79. The van der Waals surface area contributed by atoms with Crippen molar-refractivity contribution < 1.29 is 19.1 Å². The van der Waals surface area contributed by atoms with Gasteiger partial charge in [-0.2, -0.15) is 0 Å². The van der Waals surface area contributed by atoms with E-state index >= 15 is 0 Å². The maximum Gasteiger partial charge on any atom is 0.320 e. The van der Waals surface area contributed by atoms with Crippen LogP contribution in [0.3, 0.4) is 0 Å². The number of carbonyl (C=O) groups excluding carboxylic acids is 2. The Morgan fingerprint density at radius 2 is 1.45 bits per heavy atom. The van der Waals surface area contributed by atoms with Crippen molar-refractivity contribution in [1.29, 1.82) is 0 Å². The topological polar surface area (TPSA) is 76.7 Å². The van der Waals surface area contributed by atoms with Crippen LogP contribution in [0.4, 0.5) is 4.79 Å². The summed E-state index contributed by atoms with van der Waals surface area (Å²) in [5.74, 6) is 0.953. The number of nitrogens with one attached hydrogen (secondary N) is 2. The summed E-state index contributed by atoms with van der Waals surface area (Å²) in [4.78, 5) is 26.8. The van der Waals surface area contributed by atoms with Gasteiger partial charge in [-0.05, 0) is 35.7 Å². The highest BCUT2D eigenvalue weighted by atomic mass is 16.5. The first-order valence-corrected chi connectivity index (χ1v) is 12.5. The van der Waals surface area contributed by atoms with Gasteiger partial charge in [0.2, 0.25) is 0 Å². The Labute approximate surface area is 221 Å². The van der Waals surface area contributed by atoms with Gasteiger partial charge in [0, 0.05) is 5.56 Å². The molecule has 2 N–H and O–H groups in total. The van der Waals surface area contributed by atoms with Gasteiger partial charge >= 0.3 is 6.03 Å². The zero-order valence-corrected chi connectivity index (χ0v) is 21.0. The van der Waals surface area contributed by atoms with Crippen LogP contribution < -0.4 is 20.1 Å². The van der Waals surface area contributed by atoms with E-state index in [0.717, 1.165) is 11.1 Å². The minimum absolute atomic E-state index is 0.177. The molecule has 1 atom stereocenters. The van der Waals surface area contributed by atoms with E-state index in [0.29, 0.717) is 47.1 Å². The molecule has 5 rings (SSSR count). The Balaban J connectivity index is 1.57. The highest BCUT2D eigenvalue weighted by molar-refractivity contribution is 6.16. The molecule has 4 aromatic rings. The number of benzene rings is 4. The summed E-state index contributed by atoms with van der Waals surface area (Å²) >= 11 is 0. The van der Waals surface area contributed by atoms with E-state index in [2.05, 4.69) is 10.6 Å². The van der Waals surface area contributed by atoms with E-state index in [1.54, 1.807) is 12.1 Å². The third-order valence-electron chi connectivity index (χ3n) is 6.25. The van der Waals surface area contributed by atoms with Crippen molar-refractivity contribution in [2.45, 2.75) is 19.6 Å². The number of carbonyl (C=O) groups is 2. The molecule has 4 aromatic carbocycles. The van der Waals surface area contributed by atoms with Crippen LogP contribution in [0.1, 0.15) is 40.0 Å². The van der Waals surface area contributed by atoms with Gasteiger partial charge in [0.15, 0.2) is 17.3 Å². The standard InChI is InChI=1S/C32H28N2O4/c1-2-37-27-20-25(18-19-26(27)38-21-22-12-6-3-7-13-22)30-28(31(35)24-16-10-5-11-17-24)29(33-32(36)34-30)23-14-8-4-9-15-23/h3-20,30H,2,21H2,1H3,(H2,33,34,36)/t30-/m0/s1. The van der Waals surface area contributed by atoms with Crippen LogP contribution in [0.2, 0.25) is 0 Å². The zero-order valence-electron chi connectivity index (χ0n) is 21.0. The lowest BCUT2D eigenvalue weighted by atomic mass is 9.87. The number of urea groups is 1. The number of ketones is 1. The molecule has 2 amide bonds. The molecule has 0 bridgehead atoms. The Morgan fingerprint density at radius 1 is 0.789 bits per heavy atom. The van der Waals surface area contributed by atoms with Gasteiger partial charge in [0.25, 0.3) is 0 Å². The molecule has 0 fully saturated rings. The van der Waals surface area contributed by atoms with Crippen molar-refractivity contribution in [2.24, 2.45) is 0 Å². The molecule has 0 radical (unpaired) electrons. The summed E-state index contributed by atoms with van der Waals surface area (Å²) in [7, 11) is 0. The lowest BCUT2D eigenvalue weighted by molar-refractivity contribution is 0.102. The van der Waals surface area contributed by atoms with Gasteiger partial charge in [-0.3, -0.25) is 4.79 Å². The predicted octanol–water partition coefficient (Wildman–Crippen LogP) is 6.31. The molecule has 1 aliphatic rings. The number of hydrogen-bond donors (Lipinski definition) is 2. The second-order valence-electron chi connectivity index (χ2n) is 8.79. The fourth-order valence-corrected chi connectivity index (χ4v) is 4.46. The van der Waals surface area contributed by atoms with Crippen LogP contribution in [0.15, 0.2) is 115 Å². The summed E-state index contributed by atoms with van der Waals surface area (Å²) in [6.07, 6.45) is 0. The van der Waals surface area contributed by atoms with E-state index in [9.17, 15) is 9.59 Å². The molecule has 0 saturated carbocycles. The summed E-state index contributed by atoms with van der Waals surface area (Å²) in [5, 5.41) is 5.83. The summed E-state index contributed by atoms with van der Waals surface area (Å²) < 4.78 is 12.0. The molecule has 38 heavy (non-hydrogen) atoms. The van der Waals surface area contributed by atoms with Crippen LogP contribution in [0, 0.1) is 0 Å². The molecule has 1 heterocycles. The first-order chi connectivity index (χ1) is 18.6. The minimum atomic E-state index is -0.700. The van der Waals surface area contributed by atoms with E-state index in [4.69, 9.17) is 9.47 Å². The van der Waals surface area contributed by atoms with Gasteiger partial charge in [-0.25, -0.2) is 4.79 Å². The number of ether oxygens (including phenoxy) is 2. The number of amides is 2. The maximum atomic E-state index is 13.9. The smallest absolute Gasteiger partial charge is 0.320 e. The zero-order chi connectivity index (χ0) is 26.3. The lowest BCUT2D eigenvalue weighted by Crippen LogP contribution is -2.45. The molecule has 6 heteroatoms. The van der Waals surface area contributed by atoms with Crippen LogP contribution >= 0.6 is 0 Å². The number of Topliss-reactive ketones (excluding diaryl/α,β-unsaturated/α-hetero) is 1. The van der Waals surface area contributed by atoms with Crippen LogP contribution in [0.25, 0.3) is 5.70 Å². The first kappa shape index (κ1) is 24.8. The van der Waals surface area contributed by atoms with E-state index in [1.165, 1.54) is 0 Å². The van der Waals surface area contributed by atoms with Crippen molar-refractivity contribution in [3.8, 4) is 11.5 Å². The predicted molar refractivity (Wildman–Crippen MR) is 147 cm³/mol. The second kappa shape index (κ2) is 11.5. The fraction of sp³-hybridized carbons (Fsp3) is 0.125. The van der Waals surface area contributed by atoms with E-state index in [1.807, 2.05) is 104 Å². The van der Waals surface area contributed by atoms with Crippen LogP contribution in [-0.4, -0.2) is 18.4 Å². The van der Waals surface area contributed by atoms with Crippen LogP contribution in [-0.2, 0) is 6.61 Å². The largest absolute Gasteiger partial charge is 0.490 e. The molecule has 190 valence electrons. The van der Waals surface area contributed by atoms with Crippen LogP contribution in [0.5, 0.6) is 11.5 Å². The van der Waals surface area contributed by atoms with Crippen molar-refractivity contribution in [3.63, 3.8) is 0 Å². The summed E-state index contributed by atoms with van der Waals surface area (Å²) in [6, 6.07) is 32.8. The van der Waals surface area contributed by atoms with E-state index < -0.39 is 6.04 Å². The Kier molecular flexibility index (Phi) is 7.50. The minimum Gasteiger partial charge on any atom is -0.490 e. The Bertz CT molecular complexity index is 1450. The Hall–Kier alpha value is -4.84. The molecule has 0 spiro atoms. The van der Waals surface area contributed by atoms with Gasteiger partial charge in [0.05, 0.1) is 23.9 Å². The SMILES string of the molecule is CCOc1cc([C@@H]2NC(=O)NC(c3ccccc3)=C2C(=O)c2ccccc2)ccc1OCc1ccccc1. The number of rotatable bonds is 9. The molecule has 0 aromatic heterocycles. The average molecular weight is 505 g/mol. The van der Waals surface area contributed by atoms with Crippen molar-refractivity contribution >= 4 is 17.5 Å². The van der Waals surface area contributed by atoms with Gasteiger partial charge in [0.1, 0.15) is 6.61 Å². The molecule has 6 nitrogen and oxygen atoms in total. The van der Waals surface area contributed by atoms with Crippen molar-refractivity contribution in [2.75, 3.05) is 6.61 Å². The normalized spacial score (nSPS) is 14.9. The van der Waals surface area contributed by atoms with Gasteiger partial charge in [-0.1, -0.05) is 97.1 Å². The molecular weight excluding hydrogens is 476 g/mol. The summed E-state index contributed by atoms with van der Waals surface area (Å²) in [5.41, 5.74) is 3.96. The first-order valence-electron chi connectivity index (χ1n) is 12.5. The third kappa shape index (κ3) is 5.44. The number of hydrogen-bond acceptors (Lipinski definition) is 4. The summed E-state index contributed by atoms with van der Waals surface area (Å²) in [6.45, 7) is 2.72. The fourth-order valence-electron chi connectivity index (χ4n) is 4.46. The third-order valence-corrected chi connectivity index (χ3v) is 6.25. The quantitative estimate of drug-likeness (QED) is 0.262. The average Bonchev–Trinajstić information content (AvgIpc) is 2.97. The highest BCUT2D eigenvalue weighted by Gasteiger charge is 2.34. The maximum absolute atomic E-state index is 13.9. The molecule has 0 aliphatic carbocycles. The molecule has 0 saturated heterocycles. The molecular formula is C32H28N2O4. The lowest BCUT2D eigenvalue weighted by Gasteiger charge is -2.30. The van der Waals surface area contributed by atoms with Crippen molar-refractivity contribution in [1.82, 2.24) is 10.6 Å². The van der Waals surface area contributed by atoms with Gasteiger partial charge < -0.3 is 20.1 Å². The Morgan fingerprint density at radius 3 is 2.13 bits per heavy atom. The van der Waals surface area contributed by atoms with Gasteiger partial charge in [-0.15, -0.1) is 0 Å². The van der Waals surface area contributed by atoms with E-state index in [-0.39, 0.29) is 11.8 Å². The molecule has 1 aliphatic heterocycles. The molecule has 0 unspecified atom stereocenters. The highest BCUT2D eigenvalue weighted by Crippen LogP contribution is 2.37. The van der Waals surface area contributed by atoms with Crippen molar-refractivity contribution in [3.05, 3.63) is 137 Å².